The second-order valence-corrected chi connectivity index (χ2v) is 7.63. The van der Waals surface area contributed by atoms with Crippen LogP contribution >= 0.6 is 0 Å². The van der Waals surface area contributed by atoms with E-state index < -0.39 is 11.5 Å². The summed E-state index contributed by atoms with van der Waals surface area (Å²) in [7, 11) is 5.35. The second-order valence-electron chi connectivity index (χ2n) is 7.63. The number of esters is 1. The van der Waals surface area contributed by atoms with E-state index >= 15 is 0 Å². The molecule has 0 amide bonds. The van der Waals surface area contributed by atoms with Crippen molar-refractivity contribution in [1.29, 1.82) is 0 Å². The van der Waals surface area contributed by atoms with Crippen molar-refractivity contribution in [2.45, 2.75) is 37.3 Å². The number of phenolic OH excluding ortho intramolecular Hbond substituents is 1. The molecule has 27 heavy (non-hydrogen) atoms. The van der Waals surface area contributed by atoms with E-state index in [1.165, 1.54) is 17.4 Å². The van der Waals surface area contributed by atoms with Gasteiger partial charge in [0, 0.05) is 30.9 Å². The van der Waals surface area contributed by atoms with Crippen molar-refractivity contribution in [3.63, 3.8) is 0 Å². The molecule has 1 unspecified atom stereocenters. The molecular weight excluding hydrogens is 346 g/mol. The van der Waals surface area contributed by atoms with Crippen LogP contribution in [0.5, 0.6) is 11.5 Å². The number of carbonyl (C=O) groups excluding carboxylic acids is 1. The fourth-order valence-corrected chi connectivity index (χ4v) is 5.02. The lowest BCUT2D eigenvalue weighted by molar-refractivity contribution is -0.905. The third-order valence-electron chi connectivity index (χ3n) is 6.24. The molecule has 0 radical (unpaired) electrons. The Hall–Kier alpha value is -2.47. The van der Waals surface area contributed by atoms with Crippen molar-refractivity contribution in [3.8, 4) is 11.5 Å². The number of aromatic hydroxyl groups is 1. The quantitative estimate of drug-likeness (QED) is 0.609. The number of nitrogens with one attached hydrogen (secondary N) is 1. The molecular formula is C21H26NO5+. The number of hydrogen-bond donors (Lipinski definition) is 2. The van der Waals surface area contributed by atoms with Crippen LogP contribution in [0.2, 0.25) is 0 Å². The van der Waals surface area contributed by atoms with Gasteiger partial charge in [0.15, 0.2) is 17.6 Å². The normalized spacial score (nSPS) is 31.0. The molecule has 6 heteroatoms. The standard InChI is InChI=1S/C21H25NO5/c1-12(23)27-17-10-14-15-9-13-5-6-16(25-3)20(24)19(13)21(14,7-8-22(15)2)11-18(17)26-4/h5-6,10-11,15,17,24H,7-9H2,1-4H3/p+1/t15-,17+,21+/m1/s1. The van der Waals surface area contributed by atoms with Gasteiger partial charge in [-0.05, 0) is 23.8 Å². The molecule has 1 saturated heterocycles. The molecule has 2 bridgehead atoms. The predicted molar refractivity (Wildman–Crippen MR) is 98.9 cm³/mol. The summed E-state index contributed by atoms with van der Waals surface area (Å²) in [5, 5.41) is 11.0. The summed E-state index contributed by atoms with van der Waals surface area (Å²) in [6.45, 7) is 2.38. The Balaban J connectivity index is 1.96. The van der Waals surface area contributed by atoms with E-state index in [0.717, 1.165) is 30.5 Å². The van der Waals surface area contributed by atoms with Crippen LogP contribution < -0.4 is 9.64 Å². The van der Waals surface area contributed by atoms with Crippen LogP contribution in [-0.4, -0.2) is 51.0 Å². The van der Waals surface area contributed by atoms with Gasteiger partial charge in [-0.15, -0.1) is 0 Å². The highest BCUT2D eigenvalue weighted by molar-refractivity contribution is 5.68. The SMILES string of the molecule is COC1=C[C@]23CC[NH+](C)[C@H](Cc4ccc(OC)c(O)c42)C3=C[C@@H]1OC(C)=O. The minimum Gasteiger partial charge on any atom is -0.504 e. The molecule has 1 aromatic carbocycles. The summed E-state index contributed by atoms with van der Waals surface area (Å²) in [4.78, 5) is 13.0. The fourth-order valence-electron chi connectivity index (χ4n) is 5.02. The topological polar surface area (TPSA) is 69.4 Å². The number of likely N-dealkylation sites (tertiary alicyclic amines) is 1. The Morgan fingerprint density at radius 2 is 2.07 bits per heavy atom. The molecule has 0 spiro atoms. The zero-order valence-electron chi connectivity index (χ0n) is 16.2. The van der Waals surface area contributed by atoms with Crippen molar-refractivity contribution >= 4 is 5.97 Å². The Morgan fingerprint density at radius 3 is 2.74 bits per heavy atom. The molecule has 1 heterocycles. The summed E-state index contributed by atoms with van der Waals surface area (Å²) < 4.78 is 16.5. The first-order valence-electron chi connectivity index (χ1n) is 9.29. The number of methoxy groups -OCH3 is 2. The molecule has 144 valence electrons. The van der Waals surface area contributed by atoms with Crippen LogP contribution in [0.1, 0.15) is 24.5 Å². The lowest BCUT2D eigenvalue weighted by Gasteiger charge is -2.51. The third kappa shape index (κ3) is 2.54. The van der Waals surface area contributed by atoms with Crippen molar-refractivity contribution in [3.05, 3.63) is 46.7 Å². The monoisotopic (exact) mass is 372 g/mol. The number of hydrogen-bond acceptors (Lipinski definition) is 5. The summed E-state index contributed by atoms with van der Waals surface area (Å²) in [6, 6.07) is 4.15. The van der Waals surface area contributed by atoms with Crippen molar-refractivity contribution < 1.29 is 29.0 Å². The molecule has 2 N–H and O–H groups in total. The van der Waals surface area contributed by atoms with Gasteiger partial charge < -0.3 is 24.2 Å². The lowest BCUT2D eigenvalue weighted by Crippen LogP contribution is -3.15. The van der Waals surface area contributed by atoms with E-state index in [1.807, 2.05) is 18.2 Å². The van der Waals surface area contributed by atoms with E-state index in [0.29, 0.717) is 11.5 Å². The van der Waals surface area contributed by atoms with Gasteiger partial charge in [-0.3, -0.25) is 4.79 Å². The van der Waals surface area contributed by atoms with Crippen LogP contribution in [-0.2, 0) is 26.1 Å². The number of allylic oxidation sites excluding steroid dienone is 1. The summed E-state index contributed by atoms with van der Waals surface area (Å²) >= 11 is 0. The maximum Gasteiger partial charge on any atom is 0.303 e. The van der Waals surface area contributed by atoms with Crippen LogP contribution in [0, 0.1) is 0 Å². The molecule has 3 aliphatic rings. The number of carbonyl (C=O) groups is 1. The van der Waals surface area contributed by atoms with Crippen LogP contribution in [0.15, 0.2) is 35.6 Å². The molecule has 0 saturated carbocycles. The Morgan fingerprint density at radius 1 is 1.30 bits per heavy atom. The van der Waals surface area contributed by atoms with E-state index in [-0.39, 0.29) is 17.8 Å². The molecule has 4 atom stereocenters. The first-order chi connectivity index (χ1) is 12.9. The number of quaternary nitrogens is 1. The van der Waals surface area contributed by atoms with Gasteiger partial charge in [-0.2, -0.15) is 0 Å². The van der Waals surface area contributed by atoms with E-state index in [1.54, 1.807) is 14.2 Å². The Labute approximate surface area is 159 Å². The second kappa shape index (κ2) is 6.30. The number of phenols is 1. The highest BCUT2D eigenvalue weighted by Crippen LogP contribution is 2.54. The number of ether oxygens (including phenoxy) is 3. The van der Waals surface area contributed by atoms with Crippen LogP contribution in [0.4, 0.5) is 0 Å². The zero-order valence-corrected chi connectivity index (χ0v) is 16.2. The van der Waals surface area contributed by atoms with Crippen molar-refractivity contribution in [2.75, 3.05) is 27.8 Å². The number of piperidine rings is 1. The predicted octanol–water partition coefficient (Wildman–Crippen LogP) is 0.884. The Bertz CT molecular complexity index is 858. The minimum atomic E-state index is -0.529. The van der Waals surface area contributed by atoms with Gasteiger partial charge in [0.2, 0.25) is 0 Å². The molecule has 1 aromatic rings. The number of rotatable bonds is 3. The van der Waals surface area contributed by atoms with Gasteiger partial charge in [0.1, 0.15) is 11.8 Å². The highest BCUT2D eigenvalue weighted by Gasteiger charge is 2.54. The van der Waals surface area contributed by atoms with E-state index in [2.05, 4.69) is 13.1 Å². The van der Waals surface area contributed by atoms with Crippen LogP contribution in [0.3, 0.4) is 0 Å². The largest absolute Gasteiger partial charge is 0.504 e. The van der Waals surface area contributed by atoms with Crippen LogP contribution in [0.25, 0.3) is 0 Å². The number of likely N-dealkylation sites (N-methyl/N-ethyl adjacent to an activating group) is 1. The molecule has 6 nitrogen and oxygen atoms in total. The van der Waals surface area contributed by atoms with E-state index in [4.69, 9.17) is 14.2 Å². The summed E-state index contributed by atoms with van der Waals surface area (Å²) in [6.07, 6.45) is 5.21. The van der Waals surface area contributed by atoms with Crippen molar-refractivity contribution in [2.24, 2.45) is 0 Å². The molecule has 1 fully saturated rings. The van der Waals surface area contributed by atoms with Gasteiger partial charge >= 0.3 is 5.97 Å². The highest BCUT2D eigenvalue weighted by atomic mass is 16.6. The lowest BCUT2D eigenvalue weighted by atomic mass is 9.58. The van der Waals surface area contributed by atoms with Gasteiger partial charge in [0.25, 0.3) is 0 Å². The molecule has 0 aromatic heterocycles. The maximum absolute atomic E-state index is 11.6. The average molecular weight is 372 g/mol. The van der Waals surface area contributed by atoms with Gasteiger partial charge in [-0.25, -0.2) is 0 Å². The third-order valence-corrected chi connectivity index (χ3v) is 6.24. The summed E-state index contributed by atoms with van der Waals surface area (Å²) in [5.41, 5.74) is 2.76. The first-order valence-corrected chi connectivity index (χ1v) is 9.29. The fraction of sp³-hybridized carbons (Fsp3) is 0.476. The first kappa shape index (κ1) is 17.9. The van der Waals surface area contributed by atoms with Gasteiger partial charge in [-0.1, -0.05) is 6.07 Å². The molecule has 4 rings (SSSR count). The van der Waals surface area contributed by atoms with Gasteiger partial charge in [0.05, 0.1) is 33.2 Å². The average Bonchev–Trinajstić information content (AvgIpc) is 2.64. The van der Waals surface area contributed by atoms with E-state index in [9.17, 15) is 9.90 Å². The number of fused-ring (bicyclic) bond motifs is 1. The Kier molecular flexibility index (Phi) is 4.18. The zero-order chi connectivity index (χ0) is 19.3. The maximum atomic E-state index is 11.6. The smallest absolute Gasteiger partial charge is 0.303 e. The summed E-state index contributed by atoms with van der Waals surface area (Å²) in [5.74, 6) is 0.919. The minimum absolute atomic E-state index is 0.191. The number of benzene rings is 1. The van der Waals surface area contributed by atoms with Crippen molar-refractivity contribution in [1.82, 2.24) is 0 Å². The molecule has 1 aliphatic heterocycles. The molecule has 2 aliphatic carbocycles.